The molecule has 1 aliphatic carbocycles. The molecule has 1 amide bonds. The third-order valence-corrected chi connectivity index (χ3v) is 10.2. The van der Waals surface area contributed by atoms with E-state index in [4.69, 9.17) is 11.6 Å². The van der Waals surface area contributed by atoms with Gasteiger partial charge in [-0.1, -0.05) is 87.3 Å². The number of unbranched alkanes of at least 4 members (excludes halogenated alkanes) is 1. The highest BCUT2D eigenvalue weighted by atomic mass is 35.5. The van der Waals surface area contributed by atoms with Crippen LogP contribution in [0.2, 0.25) is 0 Å². The number of likely N-dealkylation sites (N-methyl/N-ethyl adjacent to an activating group) is 1. The second kappa shape index (κ2) is 13.3. The van der Waals surface area contributed by atoms with E-state index < -0.39 is 0 Å². The highest BCUT2D eigenvalue weighted by Gasteiger charge is 2.44. The van der Waals surface area contributed by atoms with Crippen LogP contribution in [-0.2, 0) is 15.6 Å². The summed E-state index contributed by atoms with van der Waals surface area (Å²) >= 11 is 7.15. The molecule has 5 heteroatoms. The van der Waals surface area contributed by atoms with E-state index in [1.807, 2.05) is 0 Å². The normalized spacial score (nSPS) is 20.7. The number of hydrogen-bond donors (Lipinski definition) is 1. The van der Waals surface area contributed by atoms with Crippen LogP contribution in [-0.4, -0.2) is 35.8 Å². The first kappa shape index (κ1) is 32.0. The number of para-hydroxylation sites is 2. The van der Waals surface area contributed by atoms with Gasteiger partial charge in [0.15, 0.2) is 12.3 Å². The van der Waals surface area contributed by atoms with Crippen LogP contribution in [0.1, 0.15) is 91.2 Å². The smallest absolute Gasteiger partial charge is 0.226 e. The molecule has 0 unspecified atom stereocenters. The summed E-state index contributed by atoms with van der Waals surface area (Å²) in [6, 6.07) is 17.3. The maximum atomic E-state index is 12.6. The van der Waals surface area contributed by atoms with Gasteiger partial charge in [-0.15, -0.1) is 0 Å². The zero-order chi connectivity index (χ0) is 31.5. The Morgan fingerprint density at radius 2 is 1.68 bits per heavy atom. The zero-order valence-electron chi connectivity index (χ0n) is 27.5. The number of nitrogens with one attached hydrogen (secondary N) is 1. The molecule has 0 spiro atoms. The molecule has 0 atom stereocenters. The highest BCUT2D eigenvalue weighted by Crippen LogP contribution is 2.47. The Morgan fingerprint density at radius 3 is 2.43 bits per heavy atom. The van der Waals surface area contributed by atoms with Gasteiger partial charge >= 0.3 is 0 Å². The van der Waals surface area contributed by atoms with Gasteiger partial charge in [0, 0.05) is 52.6 Å². The number of nitrogens with zero attached hydrogens (tertiary/aromatic N) is 2. The molecule has 0 saturated heterocycles. The number of hydrogen-bond acceptors (Lipinski definition) is 2. The van der Waals surface area contributed by atoms with Gasteiger partial charge in [0.1, 0.15) is 0 Å². The van der Waals surface area contributed by atoms with Crippen LogP contribution in [0.15, 0.2) is 94.7 Å². The molecule has 0 radical (unpaired) electrons. The molecule has 0 fully saturated rings. The molecule has 2 aliphatic heterocycles. The first-order valence-corrected chi connectivity index (χ1v) is 16.9. The van der Waals surface area contributed by atoms with Crippen molar-refractivity contribution in [1.29, 1.82) is 0 Å². The molecule has 2 heterocycles. The Bertz CT molecular complexity index is 1570. The Balaban J connectivity index is 1.44. The fraction of sp³-hybridized carbons (Fsp3) is 0.436. The van der Waals surface area contributed by atoms with Crippen molar-refractivity contribution >= 4 is 34.6 Å². The number of fused-ring (bicyclic) bond motifs is 2. The zero-order valence-corrected chi connectivity index (χ0v) is 28.2. The fourth-order valence-corrected chi connectivity index (χ4v) is 7.45. The minimum absolute atomic E-state index is 0.0622. The van der Waals surface area contributed by atoms with Gasteiger partial charge in [-0.05, 0) is 75.3 Å². The number of anilines is 1. The van der Waals surface area contributed by atoms with E-state index in [1.165, 1.54) is 45.1 Å². The Hall–Kier alpha value is -3.37. The standard InChI is InChI=1S/C39H48ClN3O/c1-7-9-26-41-36(44)25-27-43-33-20-13-11-18-31(33)39(5,6)35(43)24-22-29-16-14-15-28(37(29)40)21-23-34-38(3,4)30-17-10-12-19-32(30)42(34)8-2/h10-13,17-24H,7-9,14-16,25-27H2,1-6H3/p+1. The number of rotatable bonds is 10. The van der Waals surface area contributed by atoms with Crippen LogP contribution in [0, 0.1) is 0 Å². The van der Waals surface area contributed by atoms with Crippen molar-refractivity contribution in [1.82, 2.24) is 5.32 Å². The molecule has 2 aromatic carbocycles. The first-order valence-electron chi connectivity index (χ1n) is 16.5. The molecule has 1 N–H and O–H groups in total. The average molecular weight is 611 g/mol. The van der Waals surface area contributed by atoms with Gasteiger partial charge in [-0.25, -0.2) is 0 Å². The van der Waals surface area contributed by atoms with Crippen LogP contribution in [0.25, 0.3) is 0 Å². The summed E-state index contributed by atoms with van der Waals surface area (Å²) in [4.78, 5) is 15.1. The van der Waals surface area contributed by atoms with Crippen molar-refractivity contribution < 1.29 is 9.37 Å². The molecular weight excluding hydrogens is 562 g/mol. The van der Waals surface area contributed by atoms with Crippen LogP contribution in [0.4, 0.5) is 11.4 Å². The minimum Gasteiger partial charge on any atom is -0.356 e. The SMILES string of the molecule is CCCCNC(=O)CC[N+]1=C(/C=C/C2=C(Cl)C(=C/C=C3/N(CC)c4ccccc4C3(C)C)/CCC2)C(C)(C)c2ccccc21. The molecule has 0 bridgehead atoms. The van der Waals surface area contributed by atoms with Gasteiger partial charge in [0.25, 0.3) is 0 Å². The van der Waals surface area contributed by atoms with Gasteiger partial charge in [-0.2, -0.15) is 4.58 Å². The molecule has 44 heavy (non-hydrogen) atoms. The van der Waals surface area contributed by atoms with E-state index in [0.29, 0.717) is 13.0 Å². The van der Waals surface area contributed by atoms with Crippen molar-refractivity contribution in [3.05, 3.63) is 106 Å². The van der Waals surface area contributed by atoms with Crippen molar-refractivity contribution in [2.45, 2.75) is 90.9 Å². The maximum absolute atomic E-state index is 12.6. The summed E-state index contributed by atoms with van der Waals surface area (Å²) in [7, 11) is 0. The maximum Gasteiger partial charge on any atom is 0.226 e. The summed E-state index contributed by atoms with van der Waals surface area (Å²) in [6.07, 6.45) is 14.6. The highest BCUT2D eigenvalue weighted by molar-refractivity contribution is 6.32. The van der Waals surface area contributed by atoms with Crippen molar-refractivity contribution in [3.63, 3.8) is 0 Å². The third-order valence-electron chi connectivity index (χ3n) is 9.67. The van der Waals surface area contributed by atoms with E-state index in [-0.39, 0.29) is 16.7 Å². The van der Waals surface area contributed by atoms with Gasteiger partial charge < -0.3 is 10.2 Å². The molecule has 0 saturated carbocycles. The summed E-state index contributed by atoms with van der Waals surface area (Å²) < 4.78 is 2.34. The lowest BCUT2D eigenvalue weighted by molar-refractivity contribution is -0.436. The molecular formula is C39H49ClN3O+. The monoisotopic (exact) mass is 610 g/mol. The summed E-state index contributed by atoms with van der Waals surface area (Å²) in [5.74, 6) is 0.112. The molecule has 4 nitrogen and oxygen atoms in total. The van der Waals surface area contributed by atoms with Gasteiger partial charge in [0.2, 0.25) is 11.6 Å². The number of benzene rings is 2. The van der Waals surface area contributed by atoms with Crippen LogP contribution in [0.5, 0.6) is 0 Å². The lowest BCUT2D eigenvalue weighted by Gasteiger charge is -2.26. The quantitative estimate of drug-likeness (QED) is 0.215. The predicted molar refractivity (Wildman–Crippen MR) is 186 cm³/mol. The summed E-state index contributed by atoms with van der Waals surface area (Å²) in [5, 5.41) is 3.95. The molecule has 232 valence electrons. The molecule has 3 aliphatic rings. The third kappa shape index (κ3) is 6.11. The Morgan fingerprint density at radius 1 is 0.955 bits per heavy atom. The number of amides is 1. The Labute approximate surface area is 269 Å². The topological polar surface area (TPSA) is 35.4 Å². The number of carbonyl (C=O) groups is 1. The van der Waals surface area contributed by atoms with Crippen LogP contribution < -0.4 is 10.2 Å². The van der Waals surface area contributed by atoms with E-state index >= 15 is 0 Å². The molecule has 2 aromatic rings. The second-order valence-corrected chi connectivity index (χ2v) is 13.7. The lowest BCUT2D eigenvalue weighted by atomic mass is 9.81. The average Bonchev–Trinajstić information content (AvgIpc) is 3.37. The first-order chi connectivity index (χ1) is 21.1. The van der Waals surface area contributed by atoms with Crippen LogP contribution in [0.3, 0.4) is 0 Å². The molecule has 0 aromatic heterocycles. The van der Waals surface area contributed by atoms with E-state index in [9.17, 15) is 4.79 Å². The van der Waals surface area contributed by atoms with Crippen molar-refractivity contribution in [2.75, 3.05) is 24.5 Å². The van der Waals surface area contributed by atoms with E-state index in [1.54, 1.807) is 0 Å². The van der Waals surface area contributed by atoms with E-state index in [0.717, 1.165) is 50.2 Å². The van der Waals surface area contributed by atoms with E-state index in [2.05, 4.69) is 129 Å². The number of allylic oxidation sites excluding steroid dienone is 8. The van der Waals surface area contributed by atoms with Gasteiger partial charge in [-0.3, -0.25) is 4.79 Å². The van der Waals surface area contributed by atoms with Gasteiger partial charge in [0.05, 0.1) is 11.8 Å². The molecule has 5 rings (SSSR count). The van der Waals surface area contributed by atoms with Crippen molar-refractivity contribution in [2.24, 2.45) is 0 Å². The fourth-order valence-electron chi connectivity index (χ4n) is 7.14. The summed E-state index contributed by atoms with van der Waals surface area (Å²) in [5.41, 5.74) is 9.83. The largest absolute Gasteiger partial charge is 0.356 e. The van der Waals surface area contributed by atoms with Crippen molar-refractivity contribution in [3.8, 4) is 0 Å². The minimum atomic E-state index is -0.177. The van der Waals surface area contributed by atoms with Crippen LogP contribution >= 0.6 is 11.6 Å². The second-order valence-electron chi connectivity index (χ2n) is 13.3. The number of carbonyl (C=O) groups excluding carboxylic acids is 1. The summed E-state index contributed by atoms with van der Waals surface area (Å²) in [6.45, 7) is 15.9. The predicted octanol–water partition coefficient (Wildman–Crippen LogP) is 9.23. The number of halogens is 1. The Kier molecular flexibility index (Phi) is 9.70. The lowest BCUT2D eigenvalue weighted by Crippen LogP contribution is -2.30.